The van der Waals surface area contributed by atoms with Crippen LogP contribution in [0, 0.1) is 18.2 Å². The summed E-state index contributed by atoms with van der Waals surface area (Å²) >= 11 is 1.52. The van der Waals surface area contributed by atoms with Gasteiger partial charge in [-0.15, -0.1) is 11.3 Å². The summed E-state index contributed by atoms with van der Waals surface area (Å²) in [6.07, 6.45) is -3.81. The fraction of sp³-hybridized carbons (Fsp3) is 0.429. The second kappa shape index (κ2) is 23.8. The zero-order valence-corrected chi connectivity index (χ0v) is 45.6. The van der Waals surface area contributed by atoms with Gasteiger partial charge in [0.25, 0.3) is 11.8 Å². The molecular weight excluding hydrogens is 1050 g/mol. The van der Waals surface area contributed by atoms with Crippen LogP contribution < -0.4 is 37.0 Å². The fourth-order valence-corrected chi connectivity index (χ4v) is 10.9. The first-order valence-electron chi connectivity index (χ1n) is 26.0. The molecule has 0 aliphatic carbocycles. The summed E-state index contributed by atoms with van der Waals surface area (Å²) in [5.74, 6) is -5.13. The van der Waals surface area contributed by atoms with Crippen LogP contribution in [0.1, 0.15) is 91.4 Å². The van der Waals surface area contributed by atoms with Crippen molar-refractivity contribution in [3.63, 3.8) is 0 Å². The molecule has 0 unspecified atom stereocenters. The summed E-state index contributed by atoms with van der Waals surface area (Å²) in [5, 5.41) is 13.9. The molecule has 5 aromatic rings. The third-order valence-corrected chi connectivity index (χ3v) is 15.7. The van der Waals surface area contributed by atoms with Gasteiger partial charge in [0.05, 0.1) is 51.7 Å². The number of benzene rings is 3. The largest absolute Gasteiger partial charge is 0.459 e. The number of rotatable bonds is 15. The molecular formula is C56H64F4N10O8S. The van der Waals surface area contributed by atoms with Gasteiger partial charge >= 0.3 is 12.1 Å². The third kappa shape index (κ3) is 13.5. The van der Waals surface area contributed by atoms with Crippen molar-refractivity contribution in [2.75, 3.05) is 50.0 Å². The van der Waals surface area contributed by atoms with Gasteiger partial charge in [0.2, 0.25) is 23.3 Å². The molecule has 0 spiro atoms. The minimum atomic E-state index is -5.05. The van der Waals surface area contributed by atoms with Gasteiger partial charge in [-0.2, -0.15) is 13.2 Å². The van der Waals surface area contributed by atoms with E-state index < -0.39 is 100 Å². The molecule has 0 saturated carbocycles. The lowest BCUT2D eigenvalue weighted by Crippen LogP contribution is -2.58. The lowest BCUT2D eigenvalue weighted by Gasteiger charge is -2.44. The number of nitrogens with zero attached hydrogens (tertiary/aromatic N) is 4. The summed E-state index contributed by atoms with van der Waals surface area (Å²) in [6.45, 7) is 12.1. The number of aromatic nitrogens is 2. The lowest BCUT2D eigenvalue weighted by molar-refractivity contribution is -0.151. The number of aryl methyl sites for hydroxylation is 1. The number of ether oxygens (including phenoxy) is 1. The summed E-state index contributed by atoms with van der Waals surface area (Å²) < 4.78 is 64.0. The average Bonchev–Trinajstić information content (AvgIpc) is 4.22. The Kier molecular flexibility index (Phi) is 17.4. The number of likely N-dealkylation sites (N-methyl/N-ethyl adjacent to an activating group) is 1. The molecule has 5 amide bonds. The molecule has 2 aromatic heterocycles. The Labute approximate surface area is 458 Å². The number of esters is 1. The summed E-state index contributed by atoms with van der Waals surface area (Å²) in [6, 6.07) is 13.1. The Hall–Kier alpha value is -7.50. The Morgan fingerprint density at radius 1 is 0.899 bits per heavy atom. The molecule has 3 aliphatic rings. The van der Waals surface area contributed by atoms with Crippen molar-refractivity contribution in [1.82, 2.24) is 41.0 Å². The van der Waals surface area contributed by atoms with Gasteiger partial charge in [0.1, 0.15) is 30.0 Å². The quantitative estimate of drug-likeness (QED) is 0.0505. The lowest BCUT2D eigenvalue weighted by atomic mass is 9.85. The number of halogens is 4. The molecule has 3 aromatic carbocycles. The van der Waals surface area contributed by atoms with Crippen LogP contribution in [0.4, 0.5) is 28.9 Å². The minimum absolute atomic E-state index is 0.00855. The third-order valence-electron chi connectivity index (χ3n) is 14.7. The molecule has 18 nitrogen and oxygen atoms in total. The molecule has 3 fully saturated rings. The highest BCUT2D eigenvalue weighted by molar-refractivity contribution is 7.13. The molecule has 3 aliphatic heterocycles. The normalized spacial score (nSPS) is 20.1. The van der Waals surface area contributed by atoms with Crippen LogP contribution in [0.5, 0.6) is 0 Å². The number of H-pyrrole nitrogens is 1. The van der Waals surface area contributed by atoms with E-state index in [0.717, 1.165) is 34.2 Å². The maximum absolute atomic E-state index is 15.8. The fourth-order valence-electron chi connectivity index (χ4n) is 10.1. The van der Waals surface area contributed by atoms with Crippen LogP contribution in [0.3, 0.4) is 0 Å². The van der Waals surface area contributed by atoms with Crippen molar-refractivity contribution in [2.24, 2.45) is 5.41 Å². The molecule has 0 radical (unpaired) electrons. The Morgan fingerprint density at radius 2 is 1.61 bits per heavy atom. The monoisotopic (exact) mass is 1110 g/mol. The number of hydrogen-bond acceptors (Lipinski definition) is 13. The van der Waals surface area contributed by atoms with Gasteiger partial charge in [-0.1, -0.05) is 51.1 Å². The van der Waals surface area contributed by atoms with Crippen molar-refractivity contribution in [3.8, 4) is 21.6 Å². The molecule has 3 saturated heterocycles. The predicted octanol–water partition coefficient (Wildman–Crippen LogP) is 6.25. The minimum Gasteiger partial charge on any atom is -0.459 e. The van der Waals surface area contributed by atoms with E-state index >= 15 is 4.39 Å². The van der Waals surface area contributed by atoms with Crippen molar-refractivity contribution < 1.29 is 51.1 Å². The second-order valence-corrected chi connectivity index (χ2v) is 22.3. The number of pyridine rings is 1. The van der Waals surface area contributed by atoms with Crippen LogP contribution in [-0.2, 0) is 36.6 Å². The number of aromatic amines is 1. The number of amides is 5. The average molecular weight is 1110 g/mol. The van der Waals surface area contributed by atoms with Crippen LogP contribution in [0.25, 0.3) is 21.6 Å². The van der Waals surface area contributed by atoms with E-state index in [-0.39, 0.29) is 54.0 Å². The first-order chi connectivity index (χ1) is 37.4. The Morgan fingerprint density at radius 3 is 2.25 bits per heavy atom. The van der Waals surface area contributed by atoms with Gasteiger partial charge < -0.3 is 46.1 Å². The van der Waals surface area contributed by atoms with Crippen molar-refractivity contribution in [2.45, 2.75) is 110 Å². The van der Waals surface area contributed by atoms with Gasteiger partial charge in [-0.3, -0.25) is 38.5 Å². The van der Waals surface area contributed by atoms with Crippen molar-refractivity contribution in [3.05, 3.63) is 123 Å². The summed E-state index contributed by atoms with van der Waals surface area (Å²) in [4.78, 5) is 108. The Bertz CT molecular complexity index is 3160. The maximum Gasteiger partial charge on any atom is 0.417 e. The topological polar surface area (TPSA) is 227 Å². The number of alkyl halides is 3. The van der Waals surface area contributed by atoms with Crippen LogP contribution in [0.15, 0.2) is 83.2 Å². The van der Waals surface area contributed by atoms with E-state index in [9.17, 15) is 46.7 Å². The zero-order valence-electron chi connectivity index (χ0n) is 44.8. The van der Waals surface area contributed by atoms with E-state index in [2.05, 4.69) is 41.5 Å². The van der Waals surface area contributed by atoms with Crippen LogP contribution in [-0.4, -0.2) is 131 Å². The number of piperazine rings is 1. The van der Waals surface area contributed by atoms with Crippen LogP contribution in [0.2, 0.25) is 0 Å². The standard InChI is InChI=1S/C56H64F4N10O8S/c1-30-26-69(27-31(2)68(30)7)44-17-15-35(20-43(44)66-51(74)39-24-62-46(71)22-40(39)56(58,59)60)38-19-36(14-16-41(38)57)50(73)64-25-47(72)67-49(55(4,5)6)53(76)70-28-37(78-54(77)42-9-8-18-61-42)21-45(70)52(75)63-23-33-10-12-34(13-11-33)48-32(3)65-29-79-48/h10-17,19-20,22,24,29-31,37,42,45,49,61H,8-9,18,21,23,25-28H2,1-7H3,(H,62,71)(H,63,75)(H,64,73)(H,66,74)(H,67,72)/t30-,31+,37-,42-,45+,49-/m1/s1. The highest BCUT2D eigenvalue weighted by atomic mass is 32.1. The van der Waals surface area contributed by atoms with E-state index in [1.54, 1.807) is 38.4 Å². The number of hydrogen-bond donors (Lipinski definition) is 6. The van der Waals surface area contributed by atoms with Gasteiger partial charge in [0, 0.05) is 61.5 Å². The molecule has 0 bridgehead atoms. The van der Waals surface area contributed by atoms with Gasteiger partial charge in [0.15, 0.2) is 0 Å². The molecule has 79 heavy (non-hydrogen) atoms. The van der Waals surface area contributed by atoms with Crippen molar-refractivity contribution >= 4 is 58.2 Å². The number of anilines is 2. The molecule has 6 N–H and O–H groups in total. The van der Waals surface area contributed by atoms with E-state index in [0.29, 0.717) is 44.0 Å². The molecule has 5 heterocycles. The van der Waals surface area contributed by atoms with Crippen molar-refractivity contribution in [1.29, 1.82) is 0 Å². The Balaban J connectivity index is 0.974. The highest BCUT2D eigenvalue weighted by Gasteiger charge is 2.47. The highest BCUT2D eigenvalue weighted by Crippen LogP contribution is 2.37. The number of carbonyl (C=O) groups is 6. The number of carbonyl (C=O) groups excluding carboxylic acids is 6. The zero-order chi connectivity index (χ0) is 57.1. The van der Waals surface area contributed by atoms with E-state index in [4.69, 9.17) is 4.74 Å². The second-order valence-electron chi connectivity index (χ2n) is 21.5. The van der Waals surface area contributed by atoms with Crippen LogP contribution >= 0.6 is 11.3 Å². The first-order valence-corrected chi connectivity index (χ1v) is 26.8. The SMILES string of the molecule is Cc1ncsc1-c1ccc(CNC(=O)[C@@H]2C[C@@H](OC(=O)[C@H]3CCCN3)CN2C(=O)[C@@H](NC(=O)CNC(=O)c2ccc(F)c(-c3ccc(N4C[C@@H](C)N(C)[C@@H](C)C4)c(NC(=O)c4c[nH]c(=O)cc4C(F)(F)F)c3)c2)C(C)(C)C)cc1. The smallest absolute Gasteiger partial charge is 0.417 e. The molecule has 23 heteroatoms. The van der Waals surface area contributed by atoms with E-state index in [1.165, 1.54) is 34.4 Å². The number of thiazole rings is 1. The number of nitrogens with one attached hydrogen (secondary N) is 6. The molecule has 420 valence electrons. The first kappa shape index (κ1) is 57.7. The van der Waals surface area contributed by atoms with E-state index in [1.807, 2.05) is 57.0 Å². The van der Waals surface area contributed by atoms with Gasteiger partial charge in [-0.05, 0) is 99.6 Å². The molecule has 8 rings (SSSR count). The van der Waals surface area contributed by atoms with Gasteiger partial charge in [-0.25, -0.2) is 9.37 Å². The summed E-state index contributed by atoms with van der Waals surface area (Å²) in [7, 11) is 1.96. The number of likely N-dealkylation sites (tertiary alicyclic amines) is 1. The predicted molar refractivity (Wildman–Crippen MR) is 290 cm³/mol. The summed E-state index contributed by atoms with van der Waals surface area (Å²) in [5.41, 5.74) is 0.556. The maximum atomic E-state index is 15.8. The molecule has 6 atom stereocenters.